The summed E-state index contributed by atoms with van der Waals surface area (Å²) in [5, 5.41) is 3.17. The van der Waals surface area contributed by atoms with Crippen LogP contribution in [0.5, 0.6) is 0 Å². The molecule has 0 bridgehead atoms. The van der Waals surface area contributed by atoms with Gasteiger partial charge in [0.1, 0.15) is 5.82 Å². The Balaban J connectivity index is 2.15. The zero-order valence-electron chi connectivity index (χ0n) is 11.3. The van der Waals surface area contributed by atoms with Gasteiger partial charge < -0.3 is 10.2 Å². The van der Waals surface area contributed by atoms with Crippen molar-refractivity contribution in [1.82, 2.24) is 10.3 Å². The molecular weight excluding hydrogens is 210 g/mol. The van der Waals surface area contributed by atoms with Crippen molar-refractivity contribution in [2.24, 2.45) is 11.8 Å². The molecule has 1 fully saturated rings. The first-order valence-electron chi connectivity index (χ1n) is 6.48. The molecule has 3 nitrogen and oxygen atoms in total. The van der Waals surface area contributed by atoms with E-state index in [2.05, 4.69) is 43.1 Å². The van der Waals surface area contributed by atoms with Crippen LogP contribution in [-0.2, 0) is 6.54 Å². The Hall–Kier alpha value is -1.09. The van der Waals surface area contributed by atoms with Crippen LogP contribution in [-0.4, -0.2) is 25.1 Å². The molecule has 1 aliphatic heterocycles. The number of hydrogen-bond acceptors (Lipinski definition) is 3. The first kappa shape index (κ1) is 12.4. The molecule has 2 rings (SSSR count). The van der Waals surface area contributed by atoms with Gasteiger partial charge in [0.05, 0.1) is 0 Å². The second kappa shape index (κ2) is 5.05. The Morgan fingerprint density at radius 2 is 1.94 bits per heavy atom. The molecule has 0 amide bonds. The summed E-state index contributed by atoms with van der Waals surface area (Å²) in [6.45, 7) is 9.92. The summed E-state index contributed by atoms with van der Waals surface area (Å²) in [5.74, 6) is 2.68. The first-order valence-corrected chi connectivity index (χ1v) is 6.48. The highest BCUT2D eigenvalue weighted by Gasteiger charge is 2.26. The Morgan fingerprint density at radius 3 is 2.47 bits per heavy atom. The number of rotatable bonds is 3. The van der Waals surface area contributed by atoms with Crippen LogP contribution in [0.3, 0.4) is 0 Å². The molecule has 0 aromatic carbocycles. The molecule has 0 aliphatic carbocycles. The van der Waals surface area contributed by atoms with Crippen LogP contribution in [0.15, 0.2) is 12.1 Å². The van der Waals surface area contributed by atoms with Crippen molar-refractivity contribution >= 4 is 5.82 Å². The Bertz CT molecular complexity index is 379. The lowest BCUT2D eigenvalue weighted by Gasteiger charge is -2.18. The molecule has 17 heavy (non-hydrogen) atoms. The van der Waals surface area contributed by atoms with Crippen molar-refractivity contribution in [1.29, 1.82) is 0 Å². The number of nitrogens with one attached hydrogen (secondary N) is 1. The van der Waals surface area contributed by atoms with E-state index >= 15 is 0 Å². The van der Waals surface area contributed by atoms with E-state index in [9.17, 15) is 0 Å². The van der Waals surface area contributed by atoms with E-state index in [1.54, 1.807) is 0 Å². The molecule has 2 atom stereocenters. The average Bonchev–Trinajstić information content (AvgIpc) is 2.62. The highest BCUT2D eigenvalue weighted by molar-refractivity contribution is 5.43. The van der Waals surface area contributed by atoms with Crippen LogP contribution in [0.25, 0.3) is 0 Å². The highest BCUT2D eigenvalue weighted by atomic mass is 15.2. The van der Waals surface area contributed by atoms with Gasteiger partial charge in [-0.2, -0.15) is 0 Å². The van der Waals surface area contributed by atoms with Gasteiger partial charge in [-0.15, -0.1) is 0 Å². The summed E-state index contributed by atoms with van der Waals surface area (Å²) in [7, 11) is 1.97. The maximum Gasteiger partial charge on any atom is 0.128 e. The van der Waals surface area contributed by atoms with Crippen molar-refractivity contribution in [3.05, 3.63) is 23.4 Å². The second-order valence-corrected chi connectivity index (χ2v) is 5.30. The largest absolute Gasteiger partial charge is 0.356 e. The van der Waals surface area contributed by atoms with Gasteiger partial charge in [-0.3, -0.25) is 0 Å². The van der Waals surface area contributed by atoms with Crippen molar-refractivity contribution in [2.45, 2.75) is 27.3 Å². The topological polar surface area (TPSA) is 28.2 Å². The van der Waals surface area contributed by atoms with Gasteiger partial charge in [-0.05, 0) is 37.4 Å². The summed E-state index contributed by atoms with van der Waals surface area (Å²) >= 11 is 0. The molecule has 2 unspecified atom stereocenters. The zero-order valence-corrected chi connectivity index (χ0v) is 11.3. The van der Waals surface area contributed by atoms with Crippen LogP contribution in [0.2, 0.25) is 0 Å². The van der Waals surface area contributed by atoms with Gasteiger partial charge in [0.25, 0.3) is 0 Å². The third-order valence-corrected chi connectivity index (χ3v) is 3.86. The summed E-state index contributed by atoms with van der Waals surface area (Å²) in [4.78, 5) is 7.14. The molecule has 1 aliphatic rings. The summed E-state index contributed by atoms with van der Waals surface area (Å²) in [6, 6.07) is 4.35. The second-order valence-electron chi connectivity index (χ2n) is 5.30. The fourth-order valence-electron chi connectivity index (χ4n) is 2.45. The van der Waals surface area contributed by atoms with Crippen LogP contribution in [0.4, 0.5) is 5.82 Å². The monoisotopic (exact) mass is 233 g/mol. The minimum Gasteiger partial charge on any atom is -0.356 e. The number of hydrogen-bond donors (Lipinski definition) is 1. The zero-order chi connectivity index (χ0) is 12.4. The number of aromatic nitrogens is 1. The Kier molecular flexibility index (Phi) is 3.67. The molecule has 1 aromatic heterocycles. The number of anilines is 1. The van der Waals surface area contributed by atoms with Crippen LogP contribution in [0, 0.1) is 18.8 Å². The van der Waals surface area contributed by atoms with Crippen LogP contribution < -0.4 is 10.2 Å². The van der Waals surface area contributed by atoms with E-state index < -0.39 is 0 Å². The number of pyridine rings is 1. The maximum atomic E-state index is 4.73. The summed E-state index contributed by atoms with van der Waals surface area (Å²) < 4.78 is 0. The van der Waals surface area contributed by atoms with E-state index in [-0.39, 0.29) is 0 Å². The standard InChI is InChI=1S/C14H23N3/c1-10-8-17(9-11(10)2)14-6-5-13(7-15-4)12(3)16-14/h5-6,10-11,15H,7-9H2,1-4H3. The lowest BCUT2D eigenvalue weighted by Crippen LogP contribution is -2.21. The minimum absolute atomic E-state index is 0.772. The van der Waals surface area contributed by atoms with Crippen LogP contribution in [0.1, 0.15) is 25.1 Å². The van der Waals surface area contributed by atoms with Crippen molar-refractivity contribution in [3.63, 3.8) is 0 Å². The van der Waals surface area contributed by atoms with E-state index in [4.69, 9.17) is 4.98 Å². The average molecular weight is 233 g/mol. The molecule has 0 radical (unpaired) electrons. The molecular formula is C14H23N3. The highest BCUT2D eigenvalue weighted by Crippen LogP contribution is 2.26. The van der Waals surface area contributed by atoms with E-state index in [1.165, 1.54) is 5.56 Å². The lowest BCUT2D eigenvalue weighted by atomic mass is 10.0. The van der Waals surface area contributed by atoms with Gasteiger partial charge in [-0.1, -0.05) is 19.9 Å². The van der Waals surface area contributed by atoms with Crippen LogP contribution >= 0.6 is 0 Å². The fourth-order valence-corrected chi connectivity index (χ4v) is 2.45. The van der Waals surface area contributed by atoms with E-state index in [0.29, 0.717) is 0 Å². The van der Waals surface area contributed by atoms with Gasteiger partial charge in [0.2, 0.25) is 0 Å². The Labute approximate surface area is 104 Å². The van der Waals surface area contributed by atoms with Crippen molar-refractivity contribution in [3.8, 4) is 0 Å². The normalized spacial score (nSPS) is 24.4. The predicted molar refractivity (Wildman–Crippen MR) is 72.3 cm³/mol. The molecule has 3 heteroatoms. The molecule has 2 heterocycles. The molecule has 94 valence electrons. The third-order valence-electron chi connectivity index (χ3n) is 3.86. The predicted octanol–water partition coefficient (Wildman–Crippen LogP) is 2.20. The minimum atomic E-state index is 0.772. The summed E-state index contributed by atoms with van der Waals surface area (Å²) in [6.07, 6.45) is 0. The number of aryl methyl sites for hydroxylation is 1. The van der Waals surface area contributed by atoms with E-state index in [1.807, 2.05) is 7.05 Å². The third kappa shape index (κ3) is 2.60. The maximum absolute atomic E-state index is 4.73. The molecule has 0 saturated carbocycles. The Morgan fingerprint density at radius 1 is 1.29 bits per heavy atom. The van der Waals surface area contributed by atoms with Gasteiger partial charge in [-0.25, -0.2) is 4.98 Å². The quantitative estimate of drug-likeness (QED) is 0.867. The lowest BCUT2D eigenvalue weighted by molar-refractivity contribution is 0.494. The van der Waals surface area contributed by atoms with Gasteiger partial charge >= 0.3 is 0 Å². The smallest absolute Gasteiger partial charge is 0.128 e. The summed E-state index contributed by atoms with van der Waals surface area (Å²) in [5.41, 5.74) is 2.43. The first-order chi connectivity index (χ1) is 8.11. The van der Waals surface area contributed by atoms with Crippen molar-refractivity contribution in [2.75, 3.05) is 25.0 Å². The molecule has 1 saturated heterocycles. The van der Waals surface area contributed by atoms with Crippen molar-refractivity contribution < 1.29 is 0 Å². The SMILES string of the molecule is CNCc1ccc(N2CC(C)C(C)C2)nc1C. The molecule has 1 aromatic rings. The van der Waals surface area contributed by atoms with Gasteiger partial charge in [0, 0.05) is 25.3 Å². The van der Waals surface area contributed by atoms with Gasteiger partial charge in [0.15, 0.2) is 0 Å². The number of nitrogens with zero attached hydrogens (tertiary/aromatic N) is 2. The molecule has 1 N–H and O–H groups in total. The fraction of sp³-hybridized carbons (Fsp3) is 0.643. The van der Waals surface area contributed by atoms with E-state index in [0.717, 1.165) is 43.0 Å². The molecule has 0 spiro atoms.